The normalized spacial score (nSPS) is 10.7. The van der Waals surface area contributed by atoms with E-state index in [2.05, 4.69) is 15.9 Å². The second-order valence-electron chi connectivity index (χ2n) is 8.22. The van der Waals surface area contributed by atoms with Crippen LogP contribution in [0.4, 0.5) is 10.7 Å². The summed E-state index contributed by atoms with van der Waals surface area (Å²) in [6, 6.07) is 15.8. The SMILES string of the molecule is CCOC(=O)c1c(NC(=O)CCSc2c([O-])on[n+]2-c2ccc(OC)cc2)sc(C(=O)Nc2ccccc2)c1C. The van der Waals surface area contributed by atoms with E-state index < -0.39 is 23.7 Å². The topological polar surface area (TPSA) is 147 Å². The van der Waals surface area contributed by atoms with E-state index >= 15 is 0 Å². The summed E-state index contributed by atoms with van der Waals surface area (Å²) in [6.07, 6.45) is 0.00264. The first kappa shape index (κ1) is 28.6. The third kappa shape index (κ3) is 6.61. The average molecular weight is 583 g/mol. The highest BCUT2D eigenvalue weighted by molar-refractivity contribution is 7.99. The standard InChI is InChI=1S/C27H26N4O7S2/c1-4-37-26(34)21-16(2)22(23(33)28-17-8-6-5-7-9-17)40-24(21)29-20(32)14-15-39-25-27(35)38-30-31(25)18-10-12-19(36-3)13-11-18/h5-13H,4,14-15H2,1-3H3,(H2-,28,29,30,32,33,34,35). The molecule has 2 N–H and O–H groups in total. The summed E-state index contributed by atoms with van der Waals surface area (Å²) in [5, 5.41) is 22.0. The zero-order chi connectivity index (χ0) is 28.6. The lowest BCUT2D eigenvalue weighted by Crippen LogP contribution is -2.34. The van der Waals surface area contributed by atoms with Crippen LogP contribution in [0.3, 0.4) is 0 Å². The number of hydrogen-bond acceptors (Lipinski definition) is 10. The van der Waals surface area contributed by atoms with Crippen LogP contribution in [0.1, 0.15) is 38.9 Å². The molecule has 0 saturated carbocycles. The van der Waals surface area contributed by atoms with Gasteiger partial charge in [0.15, 0.2) is 5.95 Å². The Morgan fingerprint density at radius 3 is 2.50 bits per heavy atom. The van der Waals surface area contributed by atoms with E-state index in [-0.39, 0.29) is 39.2 Å². The first-order valence-corrected chi connectivity index (χ1v) is 14.0. The smallest absolute Gasteiger partial charge is 0.341 e. The molecule has 0 fully saturated rings. The molecule has 40 heavy (non-hydrogen) atoms. The lowest BCUT2D eigenvalue weighted by Gasteiger charge is -2.07. The van der Waals surface area contributed by atoms with E-state index in [1.165, 1.54) is 4.68 Å². The van der Waals surface area contributed by atoms with Gasteiger partial charge in [-0.3, -0.25) is 9.59 Å². The predicted molar refractivity (Wildman–Crippen MR) is 147 cm³/mol. The molecular formula is C27H26N4O7S2. The van der Waals surface area contributed by atoms with Crippen molar-refractivity contribution in [2.75, 3.05) is 30.1 Å². The third-order valence-electron chi connectivity index (χ3n) is 5.57. The Morgan fingerprint density at radius 1 is 1.10 bits per heavy atom. The van der Waals surface area contributed by atoms with E-state index in [4.69, 9.17) is 14.0 Å². The minimum Gasteiger partial charge on any atom is -0.538 e. The van der Waals surface area contributed by atoms with Crippen LogP contribution in [-0.2, 0) is 9.53 Å². The molecule has 0 atom stereocenters. The molecule has 0 aliphatic rings. The van der Waals surface area contributed by atoms with Crippen LogP contribution in [-0.4, -0.2) is 42.5 Å². The molecule has 2 heterocycles. The molecule has 0 radical (unpaired) electrons. The number of ether oxygens (including phenoxy) is 2. The summed E-state index contributed by atoms with van der Waals surface area (Å²) in [5.74, 6) is -1.22. The Labute approximate surface area is 238 Å². The second kappa shape index (κ2) is 13.1. The zero-order valence-electron chi connectivity index (χ0n) is 21.9. The van der Waals surface area contributed by atoms with Crippen molar-refractivity contribution in [3.05, 3.63) is 70.6 Å². The van der Waals surface area contributed by atoms with Crippen molar-refractivity contribution in [2.45, 2.75) is 25.3 Å². The molecule has 208 valence electrons. The number of amides is 2. The van der Waals surface area contributed by atoms with Crippen molar-refractivity contribution in [3.63, 3.8) is 0 Å². The number of carbonyl (C=O) groups is 3. The van der Waals surface area contributed by atoms with E-state index in [9.17, 15) is 19.5 Å². The second-order valence-corrected chi connectivity index (χ2v) is 10.3. The molecule has 0 saturated heterocycles. The van der Waals surface area contributed by atoms with Crippen molar-refractivity contribution in [3.8, 4) is 17.4 Å². The minimum absolute atomic E-state index is 0.00264. The van der Waals surface area contributed by atoms with Crippen LogP contribution in [0.15, 0.2) is 64.1 Å². The number of methoxy groups -OCH3 is 1. The fraction of sp³-hybridized carbons (Fsp3) is 0.222. The van der Waals surface area contributed by atoms with Gasteiger partial charge in [0.1, 0.15) is 10.8 Å². The highest BCUT2D eigenvalue weighted by Gasteiger charge is 2.27. The van der Waals surface area contributed by atoms with E-state index in [1.807, 2.05) is 6.07 Å². The monoisotopic (exact) mass is 582 g/mol. The lowest BCUT2D eigenvalue weighted by molar-refractivity contribution is -0.705. The molecular weight excluding hydrogens is 556 g/mol. The summed E-state index contributed by atoms with van der Waals surface area (Å²) < 4.78 is 16.5. The number of aromatic nitrogens is 2. The van der Waals surface area contributed by atoms with Gasteiger partial charge in [0.05, 0.1) is 29.4 Å². The van der Waals surface area contributed by atoms with Crippen LogP contribution in [0.5, 0.6) is 11.7 Å². The van der Waals surface area contributed by atoms with Gasteiger partial charge in [-0.15, -0.1) is 11.3 Å². The molecule has 4 rings (SSSR count). The Morgan fingerprint density at radius 2 is 1.82 bits per heavy atom. The van der Waals surface area contributed by atoms with Gasteiger partial charge in [-0.05, 0) is 48.4 Å². The first-order valence-electron chi connectivity index (χ1n) is 12.1. The lowest BCUT2D eigenvalue weighted by atomic mass is 10.1. The summed E-state index contributed by atoms with van der Waals surface area (Å²) in [6.45, 7) is 3.44. The van der Waals surface area contributed by atoms with Crippen LogP contribution in [0.25, 0.3) is 5.69 Å². The average Bonchev–Trinajstić information content (AvgIpc) is 3.48. The fourth-order valence-corrected chi connectivity index (χ4v) is 5.66. The number of thioether (sulfide) groups is 1. The van der Waals surface area contributed by atoms with Gasteiger partial charge in [-0.25, -0.2) is 4.79 Å². The number of para-hydroxylation sites is 1. The highest BCUT2D eigenvalue weighted by atomic mass is 32.2. The molecule has 2 amide bonds. The molecule has 0 aliphatic heterocycles. The third-order valence-corrected chi connectivity index (χ3v) is 7.80. The van der Waals surface area contributed by atoms with E-state index in [0.717, 1.165) is 23.1 Å². The minimum atomic E-state index is -0.638. The summed E-state index contributed by atoms with van der Waals surface area (Å²) in [5.41, 5.74) is 1.72. The van der Waals surface area contributed by atoms with Gasteiger partial charge in [-0.2, -0.15) is 0 Å². The first-order chi connectivity index (χ1) is 19.3. The zero-order valence-corrected chi connectivity index (χ0v) is 23.5. The van der Waals surface area contributed by atoms with Gasteiger partial charge in [0.2, 0.25) is 11.6 Å². The maximum Gasteiger partial charge on any atom is 0.341 e. The maximum absolute atomic E-state index is 13.0. The van der Waals surface area contributed by atoms with Gasteiger partial charge in [0, 0.05) is 30.0 Å². The van der Waals surface area contributed by atoms with E-state index in [0.29, 0.717) is 22.7 Å². The van der Waals surface area contributed by atoms with E-state index in [1.54, 1.807) is 69.5 Å². The predicted octanol–water partition coefficient (Wildman–Crippen LogP) is 3.95. The van der Waals surface area contributed by atoms with Crippen LogP contribution in [0.2, 0.25) is 0 Å². The number of nitrogens with zero attached hydrogens (tertiary/aromatic N) is 2. The van der Waals surface area contributed by atoms with Crippen molar-refractivity contribution < 1.29 is 38.2 Å². The number of carbonyl (C=O) groups excluding carboxylic acids is 3. The fourth-order valence-electron chi connectivity index (χ4n) is 3.65. The molecule has 4 aromatic rings. The van der Waals surface area contributed by atoms with Crippen molar-refractivity contribution in [1.29, 1.82) is 0 Å². The Hall–Kier alpha value is -4.36. The molecule has 13 heteroatoms. The largest absolute Gasteiger partial charge is 0.538 e. The maximum atomic E-state index is 13.0. The molecule has 2 aromatic carbocycles. The van der Waals surface area contributed by atoms with Crippen molar-refractivity contribution in [2.24, 2.45) is 0 Å². The number of rotatable bonds is 11. The Kier molecular flexibility index (Phi) is 9.40. The Balaban J connectivity index is 1.46. The van der Waals surface area contributed by atoms with Crippen LogP contribution < -0.4 is 25.2 Å². The Bertz CT molecular complexity index is 1500. The number of hydrogen-bond donors (Lipinski definition) is 2. The van der Waals surface area contributed by atoms with Gasteiger partial charge < -0.3 is 29.7 Å². The molecule has 0 aliphatic carbocycles. The molecule has 11 nitrogen and oxygen atoms in total. The highest BCUT2D eigenvalue weighted by Crippen LogP contribution is 2.35. The summed E-state index contributed by atoms with van der Waals surface area (Å²) in [7, 11) is 1.55. The van der Waals surface area contributed by atoms with Crippen LogP contribution >= 0.6 is 23.1 Å². The molecule has 2 aromatic heterocycles. The number of anilines is 2. The molecule has 0 bridgehead atoms. The van der Waals surface area contributed by atoms with Crippen molar-refractivity contribution in [1.82, 2.24) is 5.27 Å². The van der Waals surface area contributed by atoms with Crippen LogP contribution in [0, 0.1) is 6.92 Å². The number of nitrogens with one attached hydrogen (secondary N) is 2. The van der Waals surface area contributed by atoms with Crippen molar-refractivity contribution >= 4 is 51.6 Å². The van der Waals surface area contributed by atoms with Gasteiger partial charge in [-0.1, -0.05) is 30.0 Å². The summed E-state index contributed by atoms with van der Waals surface area (Å²) >= 11 is 2.10. The van der Waals surface area contributed by atoms with Gasteiger partial charge >= 0.3 is 5.97 Å². The number of thiophene rings is 1. The molecule has 0 unspecified atom stereocenters. The number of benzene rings is 2. The summed E-state index contributed by atoms with van der Waals surface area (Å²) in [4.78, 5) is 38.8. The number of esters is 1. The van der Waals surface area contributed by atoms with Gasteiger partial charge in [0.25, 0.3) is 10.9 Å². The molecule has 0 spiro atoms. The quantitative estimate of drug-likeness (QED) is 0.152.